The summed E-state index contributed by atoms with van der Waals surface area (Å²) in [6, 6.07) is 0. The number of hydrogen-bond donors (Lipinski definition) is 0. The minimum atomic E-state index is -0.282. The SMILES string of the molecule is CC(=O)[N+](C)(C)C1CCC(=O)O1. The van der Waals surface area contributed by atoms with E-state index in [4.69, 9.17) is 4.74 Å². The number of carbonyl (C=O) groups excluding carboxylic acids is 2. The predicted octanol–water partition coefficient (Wildman–Crippen LogP) is 0.272. The van der Waals surface area contributed by atoms with Gasteiger partial charge in [-0.15, -0.1) is 0 Å². The molecule has 4 heteroatoms. The molecule has 0 aromatic heterocycles. The van der Waals surface area contributed by atoms with Gasteiger partial charge in [0, 0.05) is 6.42 Å². The van der Waals surface area contributed by atoms with E-state index in [1.807, 2.05) is 0 Å². The Morgan fingerprint density at radius 2 is 2.17 bits per heavy atom. The van der Waals surface area contributed by atoms with Crippen LogP contribution in [0.25, 0.3) is 0 Å². The van der Waals surface area contributed by atoms with E-state index in [-0.39, 0.29) is 22.6 Å². The van der Waals surface area contributed by atoms with E-state index >= 15 is 0 Å². The minimum absolute atomic E-state index is 0.00898. The van der Waals surface area contributed by atoms with Crippen molar-refractivity contribution in [2.24, 2.45) is 0 Å². The number of rotatable bonds is 1. The molecule has 0 bridgehead atoms. The Morgan fingerprint density at radius 1 is 1.58 bits per heavy atom. The molecule has 0 spiro atoms. The fraction of sp³-hybridized carbons (Fsp3) is 0.750. The van der Waals surface area contributed by atoms with Crippen LogP contribution in [0.15, 0.2) is 0 Å². The first kappa shape index (κ1) is 9.19. The van der Waals surface area contributed by atoms with Crippen LogP contribution in [0.2, 0.25) is 0 Å². The second-order valence-electron chi connectivity index (χ2n) is 3.54. The standard InChI is InChI=1S/C8H14NO3/c1-6(10)9(2,3)7-4-5-8(11)12-7/h7H,4-5H2,1-3H3/q+1. The molecule has 4 nitrogen and oxygen atoms in total. The molecular weight excluding hydrogens is 158 g/mol. The molecule has 0 aliphatic carbocycles. The number of nitrogens with zero attached hydrogens (tertiary/aromatic N) is 1. The summed E-state index contributed by atoms with van der Waals surface area (Å²) < 4.78 is 5.13. The highest BCUT2D eigenvalue weighted by Gasteiger charge is 2.40. The molecule has 1 heterocycles. The van der Waals surface area contributed by atoms with Gasteiger partial charge in [0.2, 0.25) is 6.23 Å². The van der Waals surface area contributed by atoms with E-state index in [0.717, 1.165) is 0 Å². The van der Waals surface area contributed by atoms with E-state index in [9.17, 15) is 9.59 Å². The van der Waals surface area contributed by atoms with Crippen LogP contribution in [0.3, 0.4) is 0 Å². The van der Waals surface area contributed by atoms with E-state index in [1.165, 1.54) is 6.92 Å². The van der Waals surface area contributed by atoms with Gasteiger partial charge < -0.3 is 4.74 Å². The summed E-state index contributed by atoms with van der Waals surface area (Å²) in [5, 5.41) is 0. The topological polar surface area (TPSA) is 43.4 Å². The lowest BCUT2D eigenvalue weighted by Gasteiger charge is -2.29. The molecule has 0 N–H and O–H groups in total. The lowest BCUT2D eigenvalue weighted by molar-refractivity contribution is -0.861. The van der Waals surface area contributed by atoms with E-state index in [0.29, 0.717) is 12.8 Å². The summed E-state index contributed by atoms with van der Waals surface area (Å²) >= 11 is 0. The Morgan fingerprint density at radius 3 is 2.50 bits per heavy atom. The third kappa shape index (κ3) is 1.48. The molecule has 1 aliphatic rings. The van der Waals surface area contributed by atoms with Crippen LogP contribution in [0.4, 0.5) is 0 Å². The number of carbonyl (C=O) groups is 2. The van der Waals surface area contributed by atoms with Gasteiger partial charge in [-0.25, -0.2) is 9.28 Å². The number of amides is 1. The van der Waals surface area contributed by atoms with Gasteiger partial charge in [-0.05, 0) is 0 Å². The molecule has 1 rings (SSSR count). The quantitative estimate of drug-likeness (QED) is 0.421. The molecule has 0 aromatic carbocycles. The maximum Gasteiger partial charge on any atom is 0.313 e. The fourth-order valence-electron chi connectivity index (χ4n) is 1.17. The van der Waals surface area contributed by atoms with Crippen molar-refractivity contribution in [2.45, 2.75) is 26.0 Å². The lowest BCUT2D eigenvalue weighted by atomic mass is 10.3. The molecule has 12 heavy (non-hydrogen) atoms. The Kier molecular flexibility index (Phi) is 2.19. The highest BCUT2D eigenvalue weighted by atomic mass is 16.6. The van der Waals surface area contributed by atoms with Gasteiger partial charge in [0.15, 0.2) is 0 Å². The van der Waals surface area contributed by atoms with Gasteiger partial charge in [0.25, 0.3) is 0 Å². The van der Waals surface area contributed by atoms with Gasteiger partial charge in [0.1, 0.15) is 0 Å². The van der Waals surface area contributed by atoms with E-state index in [2.05, 4.69) is 0 Å². The van der Waals surface area contributed by atoms with Gasteiger partial charge >= 0.3 is 11.9 Å². The molecule has 0 aromatic rings. The molecular formula is C8H14NO3+. The fourth-order valence-corrected chi connectivity index (χ4v) is 1.17. The largest absolute Gasteiger partial charge is 0.412 e. The minimum Gasteiger partial charge on any atom is -0.412 e. The molecule has 0 radical (unpaired) electrons. The highest BCUT2D eigenvalue weighted by molar-refractivity contribution is 5.72. The number of esters is 1. The maximum absolute atomic E-state index is 11.1. The molecule has 1 aliphatic heterocycles. The highest BCUT2D eigenvalue weighted by Crippen LogP contribution is 2.21. The van der Waals surface area contributed by atoms with Crippen molar-refractivity contribution in [3.63, 3.8) is 0 Å². The summed E-state index contributed by atoms with van der Waals surface area (Å²) in [5.74, 6) is -0.192. The van der Waals surface area contributed by atoms with Crippen LogP contribution < -0.4 is 0 Å². The summed E-state index contributed by atoms with van der Waals surface area (Å²) in [6.45, 7) is 1.51. The zero-order chi connectivity index (χ0) is 9.35. The van der Waals surface area contributed by atoms with Gasteiger partial charge in [-0.2, -0.15) is 0 Å². The molecule has 1 unspecified atom stereocenters. The summed E-state index contributed by atoms with van der Waals surface area (Å²) in [5.41, 5.74) is 0. The monoisotopic (exact) mass is 172 g/mol. The van der Waals surface area contributed by atoms with Gasteiger partial charge in [-0.3, -0.25) is 4.79 Å². The number of hydrogen-bond acceptors (Lipinski definition) is 3. The van der Waals surface area contributed by atoms with E-state index < -0.39 is 0 Å². The third-order valence-corrected chi connectivity index (χ3v) is 2.39. The zero-order valence-electron chi connectivity index (χ0n) is 7.66. The average molecular weight is 172 g/mol. The summed E-state index contributed by atoms with van der Waals surface area (Å²) in [6.07, 6.45) is 0.792. The third-order valence-electron chi connectivity index (χ3n) is 2.39. The first-order valence-electron chi connectivity index (χ1n) is 3.99. The summed E-state index contributed by atoms with van der Waals surface area (Å²) in [4.78, 5) is 21.9. The first-order valence-corrected chi connectivity index (χ1v) is 3.99. The van der Waals surface area contributed by atoms with Crippen molar-refractivity contribution < 1.29 is 18.8 Å². The van der Waals surface area contributed by atoms with Crippen LogP contribution in [0.5, 0.6) is 0 Å². The Labute approximate surface area is 71.7 Å². The van der Waals surface area contributed by atoms with Gasteiger partial charge in [0.05, 0.1) is 27.4 Å². The molecule has 1 amide bonds. The van der Waals surface area contributed by atoms with Crippen molar-refractivity contribution in [3.05, 3.63) is 0 Å². The molecule has 1 atom stereocenters. The van der Waals surface area contributed by atoms with Crippen LogP contribution in [-0.2, 0) is 14.3 Å². The molecule has 68 valence electrons. The average Bonchev–Trinajstić information content (AvgIpc) is 2.35. The normalized spacial score (nSPS) is 23.9. The molecule has 0 saturated carbocycles. The lowest BCUT2D eigenvalue weighted by Crippen LogP contribution is -2.52. The van der Waals surface area contributed by atoms with Crippen LogP contribution >= 0.6 is 0 Å². The Bertz CT molecular complexity index is 222. The van der Waals surface area contributed by atoms with Crippen molar-refractivity contribution in [1.82, 2.24) is 0 Å². The number of ether oxygens (including phenoxy) is 1. The first-order chi connectivity index (χ1) is 5.44. The molecule has 1 saturated heterocycles. The second kappa shape index (κ2) is 2.86. The molecule has 1 fully saturated rings. The number of cyclic esters (lactones) is 1. The Hall–Kier alpha value is -0.900. The van der Waals surface area contributed by atoms with Crippen molar-refractivity contribution >= 4 is 11.9 Å². The predicted molar refractivity (Wildman–Crippen MR) is 41.9 cm³/mol. The van der Waals surface area contributed by atoms with Crippen LogP contribution in [0.1, 0.15) is 19.8 Å². The summed E-state index contributed by atoms with van der Waals surface area (Å²) in [7, 11) is 3.51. The van der Waals surface area contributed by atoms with Crippen LogP contribution in [-0.4, -0.2) is 36.7 Å². The number of quaternary nitrogens is 1. The van der Waals surface area contributed by atoms with E-state index in [1.54, 1.807) is 14.1 Å². The van der Waals surface area contributed by atoms with Crippen molar-refractivity contribution in [2.75, 3.05) is 14.1 Å². The second-order valence-corrected chi connectivity index (χ2v) is 3.54. The Balaban J connectivity index is 2.70. The smallest absolute Gasteiger partial charge is 0.313 e. The van der Waals surface area contributed by atoms with Crippen LogP contribution in [0, 0.1) is 0 Å². The maximum atomic E-state index is 11.1. The van der Waals surface area contributed by atoms with Crippen molar-refractivity contribution in [1.29, 1.82) is 0 Å². The van der Waals surface area contributed by atoms with Crippen molar-refractivity contribution in [3.8, 4) is 0 Å². The van der Waals surface area contributed by atoms with Gasteiger partial charge in [-0.1, -0.05) is 0 Å². The zero-order valence-corrected chi connectivity index (χ0v) is 7.66.